The number of alkyl halides is 3. The number of hydrogen-bond acceptors (Lipinski definition) is 3. The Kier molecular flexibility index (Phi) is 2.85. The van der Waals surface area contributed by atoms with Gasteiger partial charge in [0.05, 0.1) is 17.6 Å². The van der Waals surface area contributed by atoms with Crippen LogP contribution in [0.1, 0.15) is 5.69 Å². The van der Waals surface area contributed by atoms with Crippen molar-refractivity contribution in [3.63, 3.8) is 0 Å². The van der Waals surface area contributed by atoms with Crippen LogP contribution in [0.25, 0.3) is 11.3 Å². The van der Waals surface area contributed by atoms with Gasteiger partial charge >= 0.3 is 12.1 Å². The van der Waals surface area contributed by atoms with E-state index < -0.39 is 17.8 Å². The number of carboxylic acids is 1. The Morgan fingerprint density at radius 1 is 1.50 bits per heavy atom. The Hall–Kier alpha value is -2.25. The van der Waals surface area contributed by atoms with Gasteiger partial charge in [0.1, 0.15) is 6.54 Å². The third-order valence-electron chi connectivity index (χ3n) is 2.26. The Bertz CT molecular complexity index is 550. The Morgan fingerprint density at radius 3 is 2.83 bits per heavy atom. The summed E-state index contributed by atoms with van der Waals surface area (Å²) >= 11 is 0. The molecule has 96 valence electrons. The highest BCUT2D eigenvalue weighted by molar-refractivity contribution is 5.74. The third-order valence-corrected chi connectivity index (χ3v) is 2.26. The number of aromatic amines is 1. The molecule has 5 nitrogen and oxygen atoms in total. The number of nitrogens with one attached hydrogen (secondary N) is 2. The molecule has 2 aliphatic rings. The maximum absolute atomic E-state index is 12.6. The minimum absolute atomic E-state index is 0.0992. The number of aliphatic carboxylic acids is 1. The van der Waals surface area contributed by atoms with E-state index in [1.54, 1.807) is 0 Å². The average molecular weight is 259 g/mol. The van der Waals surface area contributed by atoms with Crippen molar-refractivity contribution in [1.29, 1.82) is 0 Å². The van der Waals surface area contributed by atoms with Crippen LogP contribution in [0, 0.1) is 0 Å². The predicted molar refractivity (Wildman–Crippen MR) is 56.3 cm³/mol. The Morgan fingerprint density at radius 2 is 2.22 bits per heavy atom. The zero-order chi connectivity index (χ0) is 13.3. The van der Waals surface area contributed by atoms with E-state index in [1.165, 1.54) is 12.3 Å². The smallest absolute Gasteiger partial charge is 0.434 e. The van der Waals surface area contributed by atoms with E-state index in [1.807, 2.05) is 0 Å². The molecule has 0 spiro atoms. The van der Waals surface area contributed by atoms with Gasteiger partial charge < -0.3 is 15.4 Å². The first-order valence-electron chi connectivity index (χ1n) is 4.88. The highest BCUT2D eigenvalue weighted by Crippen LogP contribution is 2.37. The van der Waals surface area contributed by atoms with E-state index in [-0.39, 0.29) is 23.5 Å². The van der Waals surface area contributed by atoms with Gasteiger partial charge in [-0.15, -0.1) is 0 Å². The van der Waals surface area contributed by atoms with Crippen molar-refractivity contribution in [2.45, 2.75) is 6.18 Å². The summed E-state index contributed by atoms with van der Waals surface area (Å²) in [5, 5.41) is 10.9. The standard InChI is InChI=1S/C10H8F3N3O2/c11-10(12,13)9-6-1-5(14-4-8(17)18)2-15-7(6)3-16-9/h1-3,14-15H,4H2,(H,17,18). The lowest BCUT2D eigenvalue weighted by molar-refractivity contribution is -0.140. The lowest BCUT2D eigenvalue weighted by Crippen LogP contribution is -2.13. The molecule has 0 aliphatic carbocycles. The van der Waals surface area contributed by atoms with Crippen molar-refractivity contribution in [3.05, 3.63) is 24.2 Å². The molecule has 0 saturated carbocycles. The van der Waals surface area contributed by atoms with Crippen molar-refractivity contribution >= 4 is 11.7 Å². The Labute approximate surface area is 99.0 Å². The molecule has 0 radical (unpaired) electrons. The molecule has 0 unspecified atom stereocenters. The number of hydrogen-bond donors (Lipinski definition) is 3. The summed E-state index contributed by atoms with van der Waals surface area (Å²) in [5.41, 5.74) is -0.600. The van der Waals surface area contributed by atoms with Gasteiger partial charge in [-0.1, -0.05) is 0 Å². The van der Waals surface area contributed by atoms with Crippen molar-refractivity contribution < 1.29 is 23.1 Å². The minimum Gasteiger partial charge on any atom is -0.480 e. The molecule has 2 heterocycles. The van der Waals surface area contributed by atoms with Crippen LogP contribution in [0.4, 0.5) is 18.9 Å². The summed E-state index contributed by atoms with van der Waals surface area (Å²) in [5.74, 6) is -1.10. The first-order chi connectivity index (χ1) is 8.38. The van der Waals surface area contributed by atoms with Crippen LogP contribution in [0.15, 0.2) is 18.5 Å². The van der Waals surface area contributed by atoms with E-state index >= 15 is 0 Å². The number of nitrogens with zero attached hydrogens (tertiary/aromatic N) is 1. The van der Waals surface area contributed by atoms with Gasteiger partial charge in [-0.25, -0.2) is 4.98 Å². The van der Waals surface area contributed by atoms with Gasteiger partial charge in [-0.2, -0.15) is 13.2 Å². The minimum atomic E-state index is -4.54. The number of rotatable bonds is 3. The highest BCUT2D eigenvalue weighted by atomic mass is 19.4. The van der Waals surface area contributed by atoms with Gasteiger partial charge in [-0.3, -0.25) is 4.79 Å². The number of H-pyrrole nitrogens is 1. The van der Waals surface area contributed by atoms with E-state index in [0.717, 1.165) is 6.20 Å². The number of halogens is 3. The van der Waals surface area contributed by atoms with Crippen molar-refractivity contribution in [3.8, 4) is 11.3 Å². The molecular formula is C10H8F3N3O2. The second-order valence-corrected chi connectivity index (χ2v) is 3.57. The maximum atomic E-state index is 12.6. The molecule has 0 aromatic carbocycles. The molecule has 3 N–H and O–H groups in total. The molecule has 0 saturated heterocycles. The van der Waals surface area contributed by atoms with Crippen LogP contribution in [0.5, 0.6) is 0 Å². The first-order valence-corrected chi connectivity index (χ1v) is 4.88. The maximum Gasteiger partial charge on any atom is 0.434 e. The second kappa shape index (κ2) is 4.21. The topological polar surface area (TPSA) is 78.0 Å². The molecule has 8 heteroatoms. The molecule has 2 rings (SSSR count). The Balaban J connectivity index is 2.36. The molecule has 0 atom stereocenters. The summed E-state index contributed by atoms with van der Waals surface area (Å²) in [7, 11) is 0. The molecule has 0 fully saturated rings. The second-order valence-electron chi connectivity index (χ2n) is 3.57. The van der Waals surface area contributed by atoms with Crippen LogP contribution >= 0.6 is 0 Å². The summed E-state index contributed by atoms with van der Waals surface area (Å²) in [6.07, 6.45) is -2.08. The van der Waals surface area contributed by atoms with Crippen molar-refractivity contribution in [2.24, 2.45) is 0 Å². The average Bonchev–Trinajstić information content (AvgIpc) is 2.68. The molecule has 0 bridgehead atoms. The van der Waals surface area contributed by atoms with Crippen LogP contribution in [-0.2, 0) is 11.0 Å². The van der Waals surface area contributed by atoms with Gasteiger partial charge in [0.25, 0.3) is 0 Å². The van der Waals surface area contributed by atoms with Gasteiger partial charge in [0.2, 0.25) is 0 Å². The fourth-order valence-electron chi connectivity index (χ4n) is 1.52. The van der Waals surface area contributed by atoms with E-state index in [0.29, 0.717) is 0 Å². The third kappa shape index (κ3) is 2.36. The number of carbonyl (C=O) groups is 1. The van der Waals surface area contributed by atoms with Crippen LogP contribution in [0.3, 0.4) is 0 Å². The van der Waals surface area contributed by atoms with Crippen LogP contribution in [0.2, 0.25) is 0 Å². The summed E-state index contributed by atoms with van der Waals surface area (Å²) in [4.78, 5) is 16.3. The number of anilines is 1. The molecule has 18 heavy (non-hydrogen) atoms. The van der Waals surface area contributed by atoms with Crippen molar-refractivity contribution in [1.82, 2.24) is 9.97 Å². The van der Waals surface area contributed by atoms with E-state index in [9.17, 15) is 18.0 Å². The van der Waals surface area contributed by atoms with Gasteiger partial charge in [0, 0.05) is 11.8 Å². The molecule has 0 aromatic rings. The van der Waals surface area contributed by atoms with Gasteiger partial charge in [-0.05, 0) is 6.07 Å². The molecular weight excluding hydrogens is 251 g/mol. The fourth-order valence-corrected chi connectivity index (χ4v) is 1.52. The lowest BCUT2D eigenvalue weighted by atomic mass is 10.1. The zero-order valence-corrected chi connectivity index (χ0v) is 8.88. The molecule has 0 aromatic heterocycles. The van der Waals surface area contributed by atoms with Crippen LogP contribution in [-0.4, -0.2) is 27.6 Å². The largest absolute Gasteiger partial charge is 0.480 e. The van der Waals surface area contributed by atoms with Crippen molar-refractivity contribution in [2.75, 3.05) is 11.9 Å². The van der Waals surface area contributed by atoms with Gasteiger partial charge in [0.15, 0.2) is 5.69 Å². The molecule has 2 aliphatic heterocycles. The quantitative estimate of drug-likeness (QED) is 0.788. The van der Waals surface area contributed by atoms with Crippen LogP contribution < -0.4 is 5.32 Å². The fraction of sp³-hybridized carbons (Fsp3) is 0.200. The summed E-state index contributed by atoms with van der Waals surface area (Å²) in [6, 6.07) is 1.21. The summed E-state index contributed by atoms with van der Waals surface area (Å²) in [6.45, 7) is -0.380. The number of fused-ring (bicyclic) bond motifs is 1. The number of carboxylic acid groups (broad SMARTS) is 1. The first kappa shape index (κ1) is 12.2. The normalized spacial score (nSPS) is 11.7. The monoisotopic (exact) mass is 259 g/mol. The summed E-state index contributed by atoms with van der Waals surface area (Å²) < 4.78 is 37.8. The van der Waals surface area contributed by atoms with E-state index in [2.05, 4.69) is 15.3 Å². The van der Waals surface area contributed by atoms with E-state index in [4.69, 9.17) is 5.11 Å². The number of pyridine rings is 1. The highest BCUT2D eigenvalue weighted by Gasteiger charge is 2.37. The molecule has 0 amide bonds. The SMILES string of the molecule is O=C(O)CNc1c[nH]c2cnc(C(F)(F)F)c-2c1. The number of aromatic nitrogens is 2. The lowest BCUT2D eigenvalue weighted by Gasteiger charge is -2.09. The predicted octanol–water partition coefficient (Wildman–Crippen LogP) is 2.03. The zero-order valence-electron chi connectivity index (χ0n) is 8.88.